The molecule has 0 saturated heterocycles. The molecule has 57 heavy (non-hydrogen) atoms. The van der Waals surface area contributed by atoms with Crippen LogP contribution in [0.25, 0.3) is 0 Å². The molecule has 0 aliphatic rings. The van der Waals surface area contributed by atoms with Gasteiger partial charge in [0.25, 0.3) is 0 Å². The minimum atomic E-state index is -4.33. The molecule has 3 N–H and O–H groups in total. The topological polar surface area (TPSA) is 105 Å². The van der Waals surface area contributed by atoms with Crippen molar-refractivity contribution in [2.45, 2.75) is 245 Å². The van der Waals surface area contributed by atoms with Gasteiger partial charge in [-0.25, -0.2) is 4.57 Å². The van der Waals surface area contributed by atoms with E-state index in [4.69, 9.17) is 9.05 Å². The standard InChI is InChI=1S/C48H97N2O6P/c1-7-8-9-10-11-12-13-14-15-16-17-18-19-20-21-22-23-24-25-29-32-35-38-41-48(52)49-46(44-56-57(53,54)55-43-42-50(4,5)6)47(51)40-37-34-31-28-26-27-30-33-36-39-45(2)3/h37,40,45-47,51H,7-36,38-39,41-44H2,1-6H3,(H-,49,52,53,54)/p+1/b40-37+/t46-,47+/m0/s1. The van der Waals surface area contributed by atoms with Gasteiger partial charge in [-0.2, -0.15) is 0 Å². The van der Waals surface area contributed by atoms with Crippen molar-refractivity contribution in [1.29, 1.82) is 0 Å². The van der Waals surface area contributed by atoms with Crippen molar-refractivity contribution in [2.24, 2.45) is 5.92 Å². The van der Waals surface area contributed by atoms with Crippen LogP contribution in [0.4, 0.5) is 0 Å². The van der Waals surface area contributed by atoms with Crippen molar-refractivity contribution < 1.29 is 32.9 Å². The number of hydrogen-bond donors (Lipinski definition) is 3. The molecule has 8 nitrogen and oxygen atoms in total. The maximum Gasteiger partial charge on any atom is 0.472 e. The lowest BCUT2D eigenvalue weighted by Gasteiger charge is -2.25. The first-order valence-electron chi connectivity index (χ1n) is 24.4. The second-order valence-corrected chi connectivity index (χ2v) is 20.1. The number of aliphatic hydroxyl groups is 1. The van der Waals surface area contributed by atoms with Gasteiger partial charge in [-0.05, 0) is 25.2 Å². The number of rotatable bonds is 44. The lowest BCUT2D eigenvalue weighted by Crippen LogP contribution is -2.45. The van der Waals surface area contributed by atoms with Gasteiger partial charge in [-0.3, -0.25) is 13.8 Å². The molecule has 0 radical (unpaired) electrons. The highest BCUT2D eigenvalue weighted by atomic mass is 31.2. The van der Waals surface area contributed by atoms with Crippen LogP contribution in [0.5, 0.6) is 0 Å². The third kappa shape index (κ3) is 43.1. The first-order valence-corrected chi connectivity index (χ1v) is 25.9. The second kappa shape index (κ2) is 39.4. The smallest absolute Gasteiger partial charge is 0.387 e. The summed E-state index contributed by atoms with van der Waals surface area (Å²) in [6.45, 7) is 7.15. The van der Waals surface area contributed by atoms with Gasteiger partial charge in [0.05, 0.1) is 39.9 Å². The number of amides is 1. The number of carbonyl (C=O) groups is 1. The SMILES string of the molecule is CCCCCCCCCCCCCCCCCCCCCCCCCC(=O)N[C@@H](COP(=O)(O)OCC[N+](C)(C)C)[C@H](O)/C=C/CCCCCCCCCC(C)C. The maximum absolute atomic E-state index is 12.9. The Bertz CT molecular complexity index is 956. The highest BCUT2D eigenvalue weighted by Gasteiger charge is 2.27. The van der Waals surface area contributed by atoms with Crippen LogP contribution in [0.2, 0.25) is 0 Å². The molecule has 0 spiro atoms. The third-order valence-corrected chi connectivity index (χ3v) is 12.2. The van der Waals surface area contributed by atoms with E-state index in [1.807, 2.05) is 27.2 Å². The van der Waals surface area contributed by atoms with Crippen molar-refractivity contribution in [3.63, 3.8) is 0 Å². The van der Waals surface area contributed by atoms with Gasteiger partial charge in [-0.15, -0.1) is 0 Å². The summed E-state index contributed by atoms with van der Waals surface area (Å²) in [5.74, 6) is 0.616. The van der Waals surface area contributed by atoms with Crippen molar-refractivity contribution in [3.8, 4) is 0 Å². The van der Waals surface area contributed by atoms with Crippen LogP contribution < -0.4 is 5.32 Å². The minimum Gasteiger partial charge on any atom is -0.387 e. The van der Waals surface area contributed by atoms with E-state index in [-0.39, 0.29) is 19.1 Å². The van der Waals surface area contributed by atoms with Gasteiger partial charge in [0, 0.05) is 6.42 Å². The predicted molar refractivity (Wildman–Crippen MR) is 245 cm³/mol. The van der Waals surface area contributed by atoms with Crippen LogP contribution >= 0.6 is 7.82 Å². The summed E-state index contributed by atoms with van der Waals surface area (Å²) >= 11 is 0. The summed E-state index contributed by atoms with van der Waals surface area (Å²) in [6, 6.07) is -0.841. The first-order chi connectivity index (χ1) is 27.4. The number of nitrogens with zero attached hydrogens (tertiary/aromatic N) is 1. The summed E-state index contributed by atoms with van der Waals surface area (Å²) in [6.07, 6.45) is 44.4. The van der Waals surface area contributed by atoms with E-state index in [1.165, 1.54) is 167 Å². The Labute approximate surface area is 354 Å². The molecule has 1 unspecified atom stereocenters. The molecule has 0 aromatic carbocycles. The highest BCUT2D eigenvalue weighted by molar-refractivity contribution is 7.47. The highest BCUT2D eigenvalue weighted by Crippen LogP contribution is 2.43. The Balaban J connectivity index is 4.20. The number of phosphoric ester groups is 1. The van der Waals surface area contributed by atoms with Crippen LogP contribution in [0.15, 0.2) is 12.2 Å². The molecule has 1 amide bonds. The van der Waals surface area contributed by atoms with Crippen molar-refractivity contribution in [2.75, 3.05) is 40.9 Å². The summed E-state index contributed by atoms with van der Waals surface area (Å²) in [5, 5.41) is 13.8. The Morgan fingerprint density at radius 1 is 0.632 bits per heavy atom. The molecule has 340 valence electrons. The van der Waals surface area contributed by atoms with Gasteiger partial charge in [-0.1, -0.05) is 219 Å². The molecule has 0 fully saturated rings. The normalized spacial score (nSPS) is 14.4. The number of unbranched alkanes of at least 4 members (excludes halogenated alkanes) is 29. The van der Waals surface area contributed by atoms with Gasteiger partial charge < -0.3 is 19.8 Å². The number of carbonyl (C=O) groups excluding carboxylic acids is 1. The fourth-order valence-corrected chi connectivity index (χ4v) is 8.02. The van der Waals surface area contributed by atoms with Gasteiger partial charge >= 0.3 is 7.82 Å². The Kier molecular flexibility index (Phi) is 38.9. The van der Waals surface area contributed by atoms with Crippen LogP contribution in [-0.2, 0) is 18.4 Å². The summed E-state index contributed by atoms with van der Waals surface area (Å²) in [7, 11) is 1.58. The molecule has 0 aromatic rings. The van der Waals surface area contributed by atoms with Crippen molar-refractivity contribution >= 4 is 13.7 Å². The number of likely N-dealkylation sites (N-methyl/N-ethyl adjacent to an activating group) is 1. The molecule has 0 bridgehead atoms. The molecule has 3 atom stereocenters. The number of hydrogen-bond acceptors (Lipinski definition) is 5. The van der Waals surface area contributed by atoms with Crippen molar-refractivity contribution in [1.82, 2.24) is 5.32 Å². The average molecular weight is 830 g/mol. The summed E-state index contributed by atoms with van der Waals surface area (Å²) in [5.41, 5.74) is 0. The van der Waals surface area contributed by atoms with E-state index >= 15 is 0 Å². The second-order valence-electron chi connectivity index (χ2n) is 18.7. The fourth-order valence-electron chi connectivity index (χ4n) is 7.29. The van der Waals surface area contributed by atoms with Gasteiger partial charge in [0.1, 0.15) is 13.2 Å². The van der Waals surface area contributed by atoms with E-state index in [9.17, 15) is 19.4 Å². The fraction of sp³-hybridized carbons (Fsp3) is 0.938. The molecule has 0 saturated carbocycles. The molecule has 0 aliphatic carbocycles. The Morgan fingerprint density at radius 3 is 1.46 bits per heavy atom. The third-order valence-electron chi connectivity index (χ3n) is 11.2. The summed E-state index contributed by atoms with van der Waals surface area (Å²) in [4.78, 5) is 23.1. The van der Waals surface area contributed by atoms with Crippen LogP contribution in [0, 0.1) is 5.92 Å². The number of allylic oxidation sites excluding steroid dienone is 1. The largest absolute Gasteiger partial charge is 0.472 e. The minimum absolute atomic E-state index is 0.0637. The van der Waals surface area contributed by atoms with E-state index in [1.54, 1.807) is 6.08 Å². The van der Waals surface area contributed by atoms with E-state index in [2.05, 4.69) is 26.1 Å². The van der Waals surface area contributed by atoms with Crippen LogP contribution in [-0.4, -0.2) is 73.4 Å². The predicted octanol–water partition coefficient (Wildman–Crippen LogP) is 13.8. The zero-order chi connectivity index (χ0) is 42.3. The lowest BCUT2D eigenvalue weighted by atomic mass is 10.0. The lowest BCUT2D eigenvalue weighted by molar-refractivity contribution is -0.870. The molecule has 9 heteroatoms. The van der Waals surface area contributed by atoms with Crippen molar-refractivity contribution in [3.05, 3.63) is 12.2 Å². The molecular weight excluding hydrogens is 732 g/mol. The van der Waals surface area contributed by atoms with E-state index < -0.39 is 20.0 Å². The monoisotopic (exact) mass is 830 g/mol. The van der Waals surface area contributed by atoms with Crippen LogP contribution in [0.3, 0.4) is 0 Å². The zero-order valence-corrected chi connectivity index (χ0v) is 39.7. The molecule has 0 heterocycles. The van der Waals surface area contributed by atoms with E-state index in [0.29, 0.717) is 17.4 Å². The summed E-state index contributed by atoms with van der Waals surface area (Å²) < 4.78 is 23.6. The molecule has 0 aliphatic heterocycles. The molecule has 0 rings (SSSR count). The van der Waals surface area contributed by atoms with E-state index in [0.717, 1.165) is 44.4 Å². The van der Waals surface area contributed by atoms with Gasteiger partial charge in [0.15, 0.2) is 0 Å². The quantitative estimate of drug-likeness (QED) is 0.0244. The number of nitrogens with one attached hydrogen (secondary N) is 1. The number of phosphoric acid groups is 1. The maximum atomic E-state index is 12.9. The first kappa shape index (κ1) is 56.2. The number of quaternary nitrogens is 1. The Morgan fingerprint density at radius 2 is 1.04 bits per heavy atom. The zero-order valence-electron chi connectivity index (χ0n) is 38.8. The average Bonchev–Trinajstić information content (AvgIpc) is 3.15. The molecule has 0 aromatic heterocycles. The molecular formula is C48H98N2O6P+. The van der Waals surface area contributed by atoms with Gasteiger partial charge in [0.2, 0.25) is 5.91 Å². The van der Waals surface area contributed by atoms with Crippen LogP contribution in [0.1, 0.15) is 233 Å². The Hall–Kier alpha value is -0.760. The number of aliphatic hydroxyl groups excluding tert-OH is 1.